The number of rotatable bonds is 3. The minimum absolute atomic E-state index is 0.180. The third-order valence-electron chi connectivity index (χ3n) is 6.05. The van der Waals surface area contributed by atoms with Crippen molar-refractivity contribution in [1.82, 2.24) is 14.8 Å². The van der Waals surface area contributed by atoms with Crippen molar-refractivity contribution < 1.29 is 14.6 Å². The predicted octanol–water partition coefficient (Wildman–Crippen LogP) is 0.554. The van der Waals surface area contributed by atoms with Crippen molar-refractivity contribution in [2.75, 3.05) is 39.4 Å². The SMILES string of the molecule is O=C(Cc1cccnc1)N1C[C@H]2C[C@@H](N3CCOCC3)[C@H](O)C[C@H]2C1. The molecule has 1 N–H and O–H groups in total. The van der Waals surface area contributed by atoms with E-state index in [9.17, 15) is 9.90 Å². The number of carbonyl (C=O) groups excluding carboxylic acids is 1. The van der Waals surface area contributed by atoms with Gasteiger partial charge in [0, 0.05) is 44.6 Å². The molecule has 0 spiro atoms. The van der Waals surface area contributed by atoms with E-state index < -0.39 is 0 Å². The number of aromatic nitrogens is 1. The van der Waals surface area contributed by atoms with Crippen molar-refractivity contribution in [3.63, 3.8) is 0 Å². The van der Waals surface area contributed by atoms with Gasteiger partial charge in [-0.05, 0) is 36.3 Å². The zero-order valence-electron chi connectivity index (χ0n) is 14.6. The van der Waals surface area contributed by atoms with Crippen LogP contribution in [-0.4, -0.2) is 77.3 Å². The molecule has 1 aromatic rings. The summed E-state index contributed by atoms with van der Waals surface area (Å²) < 4.78 is 5.44. The number of carbonyl (C=O) groups is 1. The first-order chi connectivity index (χ1) is 12.2. The lowest BCUT2D eigenvalue weighted by atomic mass is 9.77. The van der Waals surface area contributed by atoms with Crippen molar-refractivity contribution in [3.05, 3.63) is 30.1 Å². The van der Waals surface area contributed by atoms with Crippen molar-refractivity contribution in [2.24, 2.45) is 11.8 Å². The molecular weight excluding hydrogens is 318 g/mol. The molecule has 3 aliphatic rings. The Labute approximate surface area is 148 Å². The average Bonchev–Trinajstić information content (AvgIpc) is 3.05. The predicted molar refractivity (Wildman–Crippen MR) is 92.9 cm³/mol. The van der Waals surface area contributed by atoms with Crippen LogP contribution in [0.1, 0.15) is 18.4 Å². The minimum atomic E-state index is -0.285. The van der Waals surface area contributed by atoms with E-state index in [-0.39, 0.29) is 18.1 Å². The summed E-state index contributed by atoms with van der Waals surface area (Å²) in [5, 5.41) is 10.6. The summed E-state index contributed by atoms with van der Waals surface area (Å²) in [6.45, 7) is 4.94. The maximum absolute atomic E-state index is 12.6. The van der Waals surface area contributed by atoms with Gasteiger partial charge in [0.15, 0.2) is 0 Å². The maximum Gasteiger partial charge on any atom is 0.227 e. The number of aliphatic hydroxyl groups is 1. The zero-order chi connectivity index (χ0) is 17.2. The van der Waals surface area contributed by atoms with Crippen molar-refractivity contribution in [1.29, 1.82) is 0 Å². The molecule has 3 fully saturated rings. The number of fused-ring (bicyclic) bond motifs is 1. The van der Waals surface area contributed by atoms with Crippen LogP contribution in [-0.2, 0) is 16.0 Å². The van der Waals surface area contributed by atoms with Gasteiger partial charge in [-0.3, -0.25) is 14.7 Å². The van der Waals surface area contributed by atoms with Gasteiger partial charge < -0.3 is 14.7 Å². The topological polar surface area (TPSA) is 65.9 Å². The van der Waals surface area contributed by atoms with E-state index in [4.69, 9.17) is 4.74 Å². The van der Waals surface area contributed by atoms with Crippen LogP contribution in [0.4, 0.5) is 0 Å². The van der Waals surface area contributed by atoms with Gasteiger partial charge in [0.2, 0.25) is 5.91 Å². The van der Waals surface area contributed by atoms with Crippen LogP contribution in [0.25, 0.3) is 0 Å². The van der Waals surface area contributed by atoms with E-state index in [1.165, 1.54) is 0 Å². The monoisotopic (exact) mass is 345 g/mol. The number of likely N-dealkylation sites (tertiary alicyclic amines) is 1. The van der Waals surface area contributed by atoms with E-state index in [2.05, 4.69) is 9.88 Å². The molecule has 1 aliphatic carbocycles. The first-order valence-electron chi connectivity index (χ1n) is 9.37. The van der Waals surface area contributed by atoms with Gasteiger partial charge in [0.05, 0.1) is 25.7 Å². The number of morpholine rings is 1. The fraction of sp³-hybridized carbons (Fsp3) is 0.684. The smallest absolute Gasteiger partial charge is 0.227 e. The second-order valence-electron chi connectivity index (χ2n) is 7.61. The Balaban J connectivity index is 1.37. The van der Waals surface area contributed by atoms with Gasteiger partial charge in [0.1, 0.15) is 0 Å². The third kappa shape index (κ3) is 3.71. The molecule has 1 aromatic heterocycles. The standard InChI is InChI=1S/C19H27N3O3/c23-18-10-16-13-22(19(24)8-14-2-1-3-20-11-14)12-15(16)9-17(18)21-4-6-25-7-5-21/h1-3,11,15-18,23H,4-10,12-13H2/t15-,16+,17-,18-/m1/s1. The highest BCUT2D eigenvalue weighted by molar-refractivity contribution is 5.79. The highest BCUT2D eigenvalue weighted by Crippen LogP contribution is 2.38. The first-order valence-corrected chi connectivity index (χ1v) is 9.37. The largest absolute Gasteiger partial charge is 0.391 e. The van der Waals surface area contributed by atoms with Crippen LogP contribution >= 0.6 is 0 Å². The molecule has 4 atom stereocenters. The van der Waals surface area contributed by atoms with Gasteiger partial charge in [-0.1, -0.05) is 6.07 Å². The second kappa shape index (κ2) is 7.40. The zero-order valence-corrected chi connectivity index (χ0v) is 14.6. The summed E-state index contributed by atoms with van der Waals surface area (Å²) in [4.78, 5) is 21.1. The van der Waals surface area contributed by atoms with Gasteiger partial charge in [-0.25, -0.2) is 0 Å². The molecule has 6 nitrogen and oxygen atoms in total. The Kier molecular flexibility index (Phi) is 5.01. The molecule has 4 rings (SSSR count). The molecule has 2 saturated heterocycles. The van der Waals surface area contributed by atoms with Crippen molar-refractivity contribution in [3.8, 4) is 0 Å². The minimum Gasteiger partial charge on any atom is -0.391 e. The normalized spacial score (nSPS) is 33.2. The summed E-state index contributed by atoms with van der Waals surface area (Å²) in [6, 6.07) is 4.04. The van der Waals surface area contributed by atoms with Crippen LogP contribution in [0, 0.1) is 11.8 Å². The Hall–Kier alpha value is -1.50. The molecule has 0 unspecified atom stereocenters. The molecule has 6 heteroatoms. The molecule has 25 heavy (non-hydrogen) atoms. The van der Waals surface area contributed by atoms with Crippen molar-refractivity contribution in [2.45, 2.75) is 31.4 Å². The average molecular weight is 345 g/mol. The molecule has 136 valence electrons. The number of pyridine rings is 1. The fourth-order valence-electron chi connectivity index (χ4n) is 4.70. The summed E-state index contributed by atoms with van der Waals surface area (Å²) >= 11 is 0. The Morgan fingerprint density at radius 3 is 2.72 bits per heavy atom. The number of hydrogen-bond donors (Lipinski definition) is 1. The summed E-state index contributed by atoms with van der Waals surface area (Å²) in [5.41, 5.74) is 0.966. The quantitative estimate of drug-likeness (QED) is 0.867. The third-order valence-corrected chi connectivity index (χ3v) is 6.05. The summed E-state index contributed by atoms with van der Waals surface area (Å²) in [6.07, 6.45) is 5.42. The van der Waals surface area contributed by atoms with Crippen LogP contribution in [0.3, 0.4) is 0 Å². The Morgan fingerprint density at radius 2 is 2.00 bits per heavy atom. The first kappa shape index (κ1) is 16.9. The second-order valence-corrected chi connectivity index (χ2v) is 7.61. The van der Waals surface area contributed by atoms with Crippen LogP contribution < -0.4 is 0 Å². The summed E-state index contributed by atoms with van der Waals surface area (Å²) in [5.74, 6) is 1.12. The molecule has 0 aromatic carbocycles. The molecule has 0 bridgehead atoms. The lowest BCUT2D eigenvalue weighted by Gasteiger charge is -2.43. The van der Waals surface area contributed by atoms with E-state index in [1.54, 1.807) is 12.4 Å². The molecule has 2 aliphatic heterocycles. The number of amides is 1. The Morgan fingerprint density at radius 1 is 1.24 bits per heavy atom. The van der Waals surface area contributed by atoms with E-state index >= 15 is 0 Å². The van der Waals surface area contributed by atoms with E-state index in [1.807, 2.05) is 17.0 Å². The Bertz CT molecular complexity index is 591. The van der Waals surface area contributed by atoms with Gasteiger partial charge in [0.25, 0.3) is 0 Å². The summed E-state index contributed by atoms with van der Waals surface area (Å²) in [7, 11) is 0. The molecule has 1 amide bonds. The van der Waals surface area contributed by atoms with Gasteiger partial charge >= 0.3 is 0 Å². The molecule has 3 heterocycles. The van der Waals surface area contributed by atoms with Crippen LogP contribution in [0.5, 0.6) is 0 Å². The molecule has 0 radical (unpaired) electrons. The molecule has 1 saturated carbocycles. The lowest BCUT2D eigenvalue weighted by molar-refractivity contribution is -0.129. The van der Waals surface area contributed by atoms with E-state index in [0.717, 1.165) is 57.8 Å². The number of nitrogens with zero attached hydrogens (tertiary/aromatic N) is 3. The van der Waals surface area contributed by atoms with Crippen molar-refractivity contribution >= 4 is 5.91 Å². The lowest BCUT2D eigenvalue weighted by Crippen LogP contribution is -2.53. The van der Waals surface area contributed by atoms with Gasteiger partial charge in [-0.2, -0.15) is 0 Å². The fourth-order valence-corrected chi connectivity index (χ4v) is 4.70. The highest BCUT2D eigenvalue weighted by Gasteiger charge is 2.44. The number of hydrogen-bond acceptors (Lipinski definition) is 5. The maximum atomic E-state index is 12.6. The van der Waals surface area contributed by atoms with E-state index in [0.29, 0.717) is 18.3 Å². The van der Waals surface area contributed by atoms with Gasteiger partial charge in [-0.15, -0.1) is 0 Å². The number of ether oxygens (including phenoxy) is 1. The van der Waals surface area contributed by atoms with Crippen LogP contribution in [0.2, 0.25) is 0 Å². The van der Waals surface area contributed by atoms with Crippen LogP contribution in [0.15, 0.2) is 24.5 Å². The molecular formula is C19H27N3O3. The highest BCUT2D eigenvalue weighted by atomic mass is 16.5. The number of aliphatic hydroxyl groups excluding tert-OH is 1.